The van der Waals surface area contributed by atoms with Crippen LogP contribution in [0.1, 0.15) is 0 Å². The maximum absolute atomic E-state index is 5.31. The third-order valence-corrected chi connectivity index (χ3v) is 8.73. The normalized spacial score (nSPS) is 11.5. The summed E-state index contributed by atoms with van der Waals surface area (Å²) in [6.45, 7) is 0. The lowest BCUT2D eigenvalue weighted by Crippen LogP contribution is -2.10. The summed E-state index contributed by atoms with van der Waals surface area (Å²) in [5.41, 5.74) is 12.4. The number of fused-ring (bicyclic) bond motifs is 4. The van der Waals surface area contributed by atoms with Crippen LogP contribution in [0.4, 0.5) is 34.1 Å². The predicted octanol–water partition coefficient (Wildman–Crippen LogP) is 11.4. The van der Waals surface area contributed by atoms with Gasteiger partial charge in [0.1, 0.15) is 0 Å². The van der Waals surface area contributed by atoms with Crippen molar-refractivity contribution >= 4 is 55.9 Å². The van der Waals surface area contributed by atoms with Gasteiger partial charge in [-0.1, -0.05) is 91.0 Å². The summed E-state index contributed by atoms with van der Waals surface area (Å²) >= 11 is 0. The second kappa shape index (κ2) is 10.7. The minimum absolute atomic E-state index is 0.869. The molecule has 9 rings (SSSR count). The molecule has 4 heteroatoms. The molecule has 0 fully saturated rings. The van der Waals surface area contributed by atoms with Crippen molar-refractivity contribution in [2.24, 2.45) is 0 Å². The average molecular weight is 589 g/mol. The van der Waals surface area contributed by atoms with Crippen molar-refractivity contribution in [3.63, 3.8) is 0 Å². The van der Waals surface area contributed by atoms with Crippen LogP contribution in [0.2, 0.25) is 0 Å². The Balaban J connectivity index is 1.21. The summed E-state index contributed by atoms with van der Waals surface area (Å²) < 4.78 is 0. The molecule has 0 saturated carbocycles. The van der Waals surface area contributed by atoms with Crippen molar-refractivity contribution < 1.29 is 0 Å². The number of benzene rings is 7. The van der Waals surface area contributed by atoms with Gasteiger partial charge in [-0.25, -0.2) is 9.97 Å². The van der Waals surface area contributed by atoms with Crippen molar-refractivity contribution in [2.75, 3.05) is 9.80 Å². The van der Waals surface area contributed by atoms with E-state index in [1.807, 2.05) is 12.1 Å². The Morgan fingerprint density at radius 3 is 1.41 bits per heavy atom. The number of rotatable bonds is 6. The summed E-state index contributed by atoms with van der Waals surface area (Å²) in [4.78, 5) is 15.1. The molecule has 1 aromatic heterocycles. The van der Waals surface area contributed by atoms with Crippen LogP contribution < -0.4 is 9.80 Å². The third-order valence-electron chi connectivity index (χ3n) is 8.73. The number of hydrogen-bond acceptors (Lipinski definition) is 4. The molecule has 1 aliphatic carbocycles. The number of anilines is 6. The number of aromatic nitrogens is 2. The maximum Gasteiger partial charge on any atom is 0.0979 e. The lowest BCUT2D eigenvalue weighted by Gasteiger charge is -2.27. The van der Waals surface area contributed by atoms with E-state index < -0.39 is 0 Å². The Labute approximate surface area is 267 Å². The highest BCUT2D eigenvalue weighted by Gasteiger charge is 2.28. The molecule has 8 aromatic rings. The summed E-state index contributed by atoms with van der Waals surface area (Å²) in [5.74, 6) is 0. The third kappa shape index (κ3) is 4.23. The fourth-order valence-corrected chi connectivity index (χ4v) is 6.72. The van der Waals surface area contributed by atoms with Gasteiger partial charge in [0.25, 0.3) is 0 Å². The van der Waals surface area contributed by atoms with Gasteiger partial charge in [-0.3, -0.25) is 0 Å². The molecule has 7 aromatic carbocycles. The van der Waals surface area contributed by atoms with Crippen LogP contribution in [0.25, 0.3) is 44.3 Å². The first-order chi connectivity index (χ1) is 22.8. The Morgan fingerprint density at radius 2 is 0.848 bits per heavy atom. The zero-order chi connectivity index (χ0) is 30.5. The fraction of sp³-hybridized carbons (Fsp3) is 0. The molecular formula is C42H28N4. The van der Waals surface area contributed by atoms with Crippen LogP contribution in [0.15, 0.2) is 170 Å². The van der Waals surface area contributed by atoms with Gasteiger partial charge in [0.2, 0.25) is 0 Å². The molecule has 0 atom stereocenters. The SMILES string of the molecule is c1ccc(N(c2ccccc2)c2ccc3nc4c(nc3c2)-c2cccc3c(N(c5ccccc5)c5ccccc5)ccc-4c23)cc1. The molecule has 0 unspecified atom stereocenters. The maximum atomic E-state index is 5.31. The zero-order valence-corrected chi connectivity index (χ0v) is 25.0. The fourth-order valence-electron chi connectivity index (χ4n) is 6.72. The van der Waals surface area contributed by atoms with Crippen LogP contribution in [-0.2, 0) is 0 Å². The van der Waals surface area contributed by atoms with Gasteiger partial charge in [0.15, 0.2) is 0 Å². The minimum atomic E-state index is 0.869. The number of para-hydroxylation sites is 4. The number of hydrogen-bond donors (Lipinski definition) is 0. The van der Waals surface area contributed by atoms with E-state index in [0.29, 0.717) is 0 Å². The Bertz CT molecular complexity index is 2280. The van der Waals surface area contributed by atoms with Gasteiger partial charge in [0, 0.05) is 50.3 Å². The molecule has 216 valence electrons. The van der Waals surface area contributed by atoms with E-state index in [1.165, 1.54) is 10.8 Å². The molecule has 0 amide bonds. The average Bonchev–Trinajstić information content (AvgIpc) is 3.44. The molecule has 0 saturated heterocycles. The summed E-state index contributed by atoms with van der Waals surface area (Å²) in [6.07, 6.45) is 0. The van der Waals surface area contributed by atoms with E-state index in [1.54, 1.807) is 0 Å². The molecule has 4 nitrogen and oxygen atoms in total. The molecule has 0 N–H and O–H groups in total. The summed E-state index contributed by atoms with van der Waals surface area (Å²) in [5, 5.41) is 2.36. The van der Waals surface area contributed by atoms with Gasteiger partial charge in [-0.15, -0.1) is 0 Å². The first-order valence-electron chi connectivity index (χ1n) is 15.5. The van der Waals surface area contributed by atoms with Crippen LogP contribution in [0.5, 0.6) is 0 Å². The van der Waals surface area contributed by atoms with Gasteiger partial charge in [-0.2, -0.15) is 0 Å². The summed E-state index contributed by atoms with van der Waals surface area (Å²) in [6, 6.07) is 59.4. The highest BCUT2D eigenvalue weighted by molar-refractivity contribution is 6.18. The predicted molar refractivity (Wildman–Crippen MR) is 191 cm³/mol. The first kappa shape index (κ1) is 26.2. The highest BCUT2D eigenvalue weighted by atomic mass is 15.1. The lowest BCUT2D eigenvalue weighted by atomic mass is 10.0. The lowest BCUT2D eigenvalue weighted by molar-refractivity contribution is 1.27. The van der Waals surface area contributed by atoms with Gasteiger partial charge < -0.3 is 9.80 Å². The van der Waals surface area contributed by atoms with Crippen molar-refractivity contribution in [3.05, 3.63) is 170 Å². The van der Waals surface area contributed by atoms with E-state index in [-0.39, 0.29) is 0 Å². The summed E-state index contributed by atoms with van der Waals surface area (Å²) in [7, 11) is 0. The van der Waals surface area contributed by atoms with Crippen LogP contribution in [0, 0.1) is 0 Å². The molecule has 0 radical (unpaired) electrons. The van der Waals surface area contributed by atoms with E-state index in [2.05, 4.69) is 168 Å². The van der Waals surface area contributed by atoms with Crippen molar-refractivity contribution in [3.8, 4) is 22.5 Å². The first-order valence-corrected chi connectivity index (χ1v) is 15.5. The second-order valence-corrected chi connectivity index (χ2v) is 11.5. The molecule has 0 spiro atoms. The molecule has 1 heterocycles. The van der Waals surface area contributed by atoms with Crippen LogP contribution in [0.3, 0.4) is 0 Å². The number of nitrogens with zero attached hydrogens (tertiary/aromatic N) is 4. The Hall–Kier alpha value is -6.26. The monoisotopic (exact) mass is 588 g/mol. The topological polar surface area (TPSA) is 32.3 Å². The standard InChI is InChI=1S/C42H28N4/c1-5-14-29(15-6-1)45(30-16-7-2-8-17-30)33-24-26-37-38(28-33)44-41-35-23-13-22-34-39(27-25-36(40(34)35)42(41)43-37)46(31-18-9-3-10-19-31)32-20-11-4-12-21-32/h1-28H. The van der Waals surface area contributed by atoms with Crippen molar-refractivity contribution in [1.29, 1.82) is 0 Å². The second-order valence-electron chi connectivity index (χ2n) is 11.5. The van der Waals surface area contributed by atoms with Crippen LogP contribution in [-0.4, -0.2) is 9.97 Å². The molecule has 0 bridgehead atoms. The molecule has 0 aliphatic heterocycles. The smallest absolute Gasteiger partial charge is 0.0979 e. The molecule has 1 aliphatic rings. The van der Waals surface area contributed by atoms with Crippen molar-refractivity contribution in [1.82, 2.24) is 9.97 Å². The van der Waals surface area contributed by atoms with E-state index in [0.717, 1.165) is 67.7 Å². The molecular weight excluding hydrogens is 560 g/mol. The Morgan fingerprint density at radius 1 is 0.348 bits per heavy atom. The van der Waals surface area contributed by atoms with Crippen LogP contribution >= 0.6 is 0 Å². The van der Waals surface area contributed by atoms with Crippen molar-refractivity contribution in [2.45, 2.75) is 0 Å². The van der Waals surface area contributed by atoms with E-state index >= 15 is 0 Å². The van der Waals surface area contributed by atoms with Gasteiger partial charge in [0.05, 0.1) is 28.1 Å². The Kier molecular flexibility index (Phi) is 6.10. The van der Waals surface area contributed by atoms with Gasteiger partial charge >= 0.3 is 0 Å². The zero-order valence-electron chi connectivity index (χ0n) is 25.0. The minimum Gasteiger partial charge on any atom is -0.310 e. The van der Waals surface area contributed by atoms with E-state index in [4.69, 9.17) is 9.97 Å². The molecule has 46 heavy (non-hydrogen) atoms. The van der Waals surface area contributed by atoms with Gasteiger partial charge in [-0.05, 0) is 78.9 Å². The largest absolute Gasteiger partial charge is 0.310 e. The highest BCUT2D eigenvalue weighted by Crippen LogP contribution is 2.50. The quantitative estimate of drug-likeness (QED) is 0.193. The van der Waals surface area contributed by atoms with E-state index in [9.17, 15) is 0 Å².